The van der Waals surface area contributed by atoms with E-state index in [0.29, 0.717) is 5.69 Å². The third kappa shape index (κ3) is 3.89. The van der Waals surface area contributed by atoms with Crippen LogP contribution < -0.4 is 10.5 Å². The number of amides is 1. The van der Waals surface area contributed by atoms with Crippen LogP contribution in [0.25, 0.3) is 0 Å². The molecule has 0 saturated carbocycles. The molecule has 0 aliphatic carbocycles. The number of anilines is 1. The van der Waals surface area contributed by atoms with Crippen LogP contribution in [-0.2, 0) is 11.3 Å². The van der Waals surface area contributed by atoms with Crippen LogP contribution in [0.1, 0.15) is 37.9 Å². The maximum atomic E-state index is 12.4. The van der Waals surface area contributed by atoms with E-state index in [2.05, 4.69) is 15.2 Å². The maximum absolute atomic E-state index is 12.4. The molecule has 3 rings (SSSR count). The van der Waals surface area contributed by atoms with E-state index in [9.17, 15) is 9.59 Å². The normalized spacial score (nSPS) is 15.8. The van der Waals surface area contributed by atoms with E-state index in [0.717, 1.165) is 31.6 Å². The van der Waals surface area contributed by atoms with Gasteiger partial charge in [-0.25, -0.2) is 4.68 Å². The zero-order valence-electron chi connectivity index (χ0n) is 14.6. The van der Waals surface area contributed by atoms with Gasteiger partial charge < -0.3 is 14.3 Å². The monoisotopic (exact) mass is 345 g/mol. The lowest BCUT2D eigenvalue weighted by Gasteiger charge is -2.28. The summed E-state index contributed by atoms with van der Waals surface area (Å²) in [5.41, 5.74) is 1.23. The van der Waals surface area contributed by atoms with Crippen molar-refractivity contribution in [1.29, 1.82) is 0 Å². The predicted molar refractivity (Wildman–Crippen MR) is 92.2 cm³/mol. The van der Waals surface area contributed by atoms with Crippen LogP contribution in [0.15, 0.2) is 33.9 Å². The number of hydrogen-bond acceptors (Lipinski definition) is 6. The van der Waals surface area contributed by atoms with Gasteiger partial charge in [0.05, 0.1) is 17.9 Å². The number of rotatable bonds is 5. The molecule has 0 radical (unpaired) electrons. The van der Waals surface area contributed by atoms with Crippen LogP contribution in [0.4, 0.5) is 5.69 Å². The first kappa shape index (κ1) is 17.2. The van der Waals surface area contributed by atoms with Gasteiger partial charge in [0.1, 0.15) is 18.5 Å². The summed E-state index contributed by atoms with van der Waals surface area (Å²) >= 11 is 0. The van der Waals surface area contributed by atoms with E-state index >= 15 is 0 Å². The van der Waals surface area contributed by atoms with Crippen molar-refractivity contribution in [3.05, 3.63) is 40.6 Å². The molecule has 2 aromatic rings. The van der Waals surface area contributed by atoms with Crippen molar-refractivity contribution in [2.75, 3.05) is 25.0 Å². The van der Waals surface area contributed by atoms with E-state index < -0.39 is 0 Å². The Labute approximate surface area is 146 Å². The SMILES string of the molecule is CC(c1ccon1)N(C)C(=O)Cn1ncc(N2CCCCC2)cc1=O. The number of likely N-dealkylation sites (N-methyl/N-ethyl adjacent to an activating group) is 1. The molecular formula is C17H23N5O3. The molecule has 1 unspecified atom stereocenters. The second-order valence-electron chi connectivity index (χ2n) is 6.36. The largest absolute Gasteiger partial charge is 0.370 e. The minimum Gasteiger partial charge on any atom is -0.370 e. The molecule has 3 heterocycles. The molecule has 0 N–H and O–H groups in total. The van der Waals surface area contributed by atoms with Crippen LogP contribution in [0, 0.1) is 0 Å². The molecule has 25 heavy (non-hydrogen) atoms. The van der Waals surface area contributed by atoms with Gasteiger partial charge in [0, 0.05) is 32.3 Å². The van der Waals surface area contributed by atoms with Gasteiger partial charge in [0.25, 0.3) is 5.56 Å². The second-order valence-corrected chi connectivity index (χ2v) is 6.36. The first-order valence-electron chi connectivity index (χ1n) is 8.54. The molecule has 1 atom stereocenters. The molecule has 1 fully saturated rings. The molecule has 0 spiro atoms. The van der Waals surface area contributed by atoms with Gasteiger partial charge in [0.15, 0.2) is 0 Å². The number of carbonyl (C=O) groups excluding carboxylic acids is 1. The van der Waals surface area contributed by atoms with Gasteiger partial charge in [0.2, 0.25) is 5.91 Å². The highest BCUT2D eigenvalue weighted by atomic mass is 16.5. The number of piperidine rings is 1. The summed E-state index contributed by atoms with van der Waals surface area (Å²) in [6.45, 7) is 3.65. The first-order chi connectivity index (χ1) is 12.1. The van der Waals surface area contributed by atoms with Crippen LogP contribution in [0.2, 0.25) is 0 Å². The molecule has 2 aromatic heterocycles. The van der Waals surface area contributed by atoms with Crippen molar-refractivity contribution in [2.45, 2.75) is 38.8 Å². The highest BCUT2D eigenvalue weighted by Gasteiger charge is 2.21. The van der Waals surface area contributed by atoms with Crippen molar-refractivity contribution in [3.8, 4) is 0 Å². The Bertz CT molecular complexity index is 765. The molecule has 1 saturated heterocycles. The number of carbonyl (C=O) groups is 1. The molecular weight excluding hydrogens is 322 g/mol. The Balaban J connectivity index is 1.67. The number of nitrogens with zero attached hydrogens (tertiary/aromatic N) is 5. The Hall–Kier alpha value is -2.64. The Morgan fingerprint density at radius 1 is 1.36 bits per heavy atom. The summed E-state index contributed by atoms with van der Waals surface area (Å²) < 4.78 is 6.01. The van der Waals surface area contributed by atoms with Crippen molar-refractivity contribution in [2.24, 2.45) is 0 Å². The smallest absolute Gasteiger partial charge is 0.269 e. The van der Waals surface area contributed by atoms with Gasteiger partial charge in [-0.15, -0.1) is 0 Å². The molecule has 0 bridgehead atoms. The standard InChI is InChI=1S/C17H23N5O3/c1-13(15-6-9-25-19-15)20(2)17(24)12-22-16(23)10-14(11-18-22)21-7-4-3-5-8-21/h6,9-11,13H,3-5,7-8,12H2,1-2H3. The summed E-state index contributed by atoms with van der Waals surface area (Å²) in [5, 5.41) is 8.03. The average molecular weight is 345 g/mol. The van der Waals surface area contributed by atoms with E-state index in [1.165, 1.54) is 22.3 Å². The Morgan fingerprint density at radius 2 is 2.12 bits per heavy atom. The molecule has 1 amide bonds. The van der Waals surface area contributed by atoms with Gasteiger partial charge in [-0.1, -0.05) is 5.16 Å². The third-order valence-electron chi connectivity index (χ3n) is 4.72. The predicted octanol–water partition coefficient (Wildman–Crippen LogP) is 1.44. The highest BCUT2D eigenvalue weighted by Crippen LogP contribution is 2.18. The fraction of sp³-hybridized carbons (Fsp3) is 0.529. The van der Waals surface area contributed by atoms with Gasteiger partial charge in [-0.2, -0.15) is 5.10 Å². The lowest BCUT2D eigenvalue weighted by molar-refractivity contribution is -0.132. The molecule has 0 aromatic carbocycles. The van der Waals surface area contributed by atoms with Crippen LogP contribution >= 0.6 is 0 Å². The summed E-state index contributed by atoms with van der Waals surface area (Å²) in [6, 6.07) is 3.04. The molecule has 134 valence electrons. The summed E-state index contributed by atoms with van der Waals surface area (Å²) in [7, 11) is 1.68. The third-order valence-corrected chi connectivity index (χ3v) is 4.72. The zero-order valence-corrected chi connectivity index (χ0v) is 14.6. The van der Waals surface area contributed by atoms with Crippen molar-refractivity contribution < 1.29 is 9.32 Å². The van der Waals surface area contributed by atoms with Crippen LogP contribution in [0.5, 0.6) is 0 Å². The van der Waals surface area contributed by atoms with E-state index in [1.807, 2.05) is 6.92 Å². The van der Waals surface area contributed by atoms with Gasteiger partial charge in [-0.05, 0) is 26.2 Å². The summed E-state index contributed by atoms with van der Waals surface area (Å²) in [4.78, 5) is 28.5. The first-order valence-corrected chi connectivity index (χ1v) is 8.54. The fourth-order valence-corrected chi connectivity index (χ4v) is 2.96. The molecule has 8 nitrogen and oxygen atoms in total. The second kappa shape index (κ2) is 7.50. The topological polar surface area (TPSA) is 84.5 Å². The quantitative estimate of drug-likeness (QED) is 0.815. The maximum Gasteiger partial charge on any atom is 0.269 e. The molecule has 1 aliphatic heterocycles. The van der Waals surface area contributed by atoms with Gasteiger partial charge in [-0.3, -0.25) is 9.59 Å². The highest BCUT2D eigenvalue weighted by molar-refractivity contribution is 5.76. The van der Waals surface area contributed by atoms with Crippen LogP contribution in [0.3, 0.4) is 0 Å². The van der Waals surface area contributed by atoms with Crippen molar-refractivity contribution in [1.82, 2.24) is 19.8 Å². The molecule has 1 aliphatic rings. The lowest BCUT2D eigenvalue weighted by Crippen LogP contribution is -2.37. The Morgan fingerprint density at radius 3 is 2.76 bits per heavy atom. The summed E-state index contributed by atoms with van der Waals surface area (Å²) in [6.07, 6.45) is 6.63. The van der Waals surface area contributed by atoms with E-state index in [1.54, 1.807) is 25.4 Å². The minimum absolute atomic E-state index is 0.0994. The van der Waals surface area contributed by atoms with Crippen LogP contribution in [-0.4, -0.2) is 45.9 Å². The Kier molecular flexibility index (Phi) is 5.16. The van der Waals surface area contributed by atoms with Gasteiger partial charge >= 0.3 is 0 Å². The fourth-order valence-electron chi connectivity index (χ4n) is 2.96. The molecule has 8 heteroatoms. The number of aromatic nitrogens is 3. The van der Waals surface area contributed by atoms with Crippen molar-refractivity contribution >= 4 is 11.6 Å². The van der Waals surface area contributed by atoms with Crippen molar-refractivity contribution in [3.63, 3.8) is 0 Å². The number of hydrogen-bond donors (Lipinski definition) is 0. The minimum atomic E-state index is -0.265. The lowest BCUT2D eigenvalue weighted by atomic mass is 10.1. The van der Waals surface area contributed by atoms with E-state index in [-0.39, 0.29) is 24.1 Å². The average Bonchev–Trinajstić information content (AvgIpc) is 3.17. The summed E-state index contributed by atoms with van der Waals surface area (Å²) in [5.74, 6) is -0.212. The van der Waals surface area contributed by atoms with E-state index in [4.69, 9.17) is 4.52 Å². The zero-order chi connectivity index (χ0) is 17.8.